The summed E-state index contributed by atoms with van der Waals surface area (Å²) in [7, 11) is 0. The summed E-state index contributed by atoms with van der Waals surface area (Å²) in [6.45, 7) is 5.68. The quantitative estimate of drug-likeness (QED) is 0.784. The summed E-state index contributed by atoms with van der Waals surface area (Å²) in [5, 5.41) is 6.36. The first-order valence-corrected chi connectivity index (χ1v) is 8.48. The first-order valence-electron chi connectivity index (χ1n) is 8.48. The summed E-state index contributed by atoms with van der Waals surface area (Å²) in [4.78, 5) is 28.6. The summed E-state index contributed by atoms with van der Waals surface area (Å²) >= 11 is 0. The van der Waals surface area contributed by atoms with Gasteiger partial charge in [-0.3, -0.25) is 14.5 Å². The molecular formula is C17H22N4O5. The Labute approximate surface area is 150 Å². The fourth-order valence-corrected chi connectivity index (χ4v) is 2.68. The number of aromatic nitrogens is 1. The number of ether oxygens (including phenoxy) is 1. The van der Waals surface area contributed by atoms with Crippen molar-refractivity contribution in [3.05, 3.63) is 36.0 Å². The Kier molecular flexibility index (Phi) is 6.03. The largest absolute Gasteiger partial charge is 0.459 e. The van der Waals surface area contributed by atoms with E-state index in [1.807, 2.05) is 0 Å². The molecule has 0 saturated carbocycles. The molecule has 2 aromatic heterocycles. The number of furan rings is 1. The number of rotatable bonds is 7. The summed E-state index contributed by atoms with van der Waals surface area (Å²) in [5.41, 5.74) is 0. The molecule has 0 bridgehead atoms. The van der Waals surface area contributed by atoms with Crippen molar-refractivity contribution in [2.45, 2.75) is 6.92 Å². The molecule has 26 heavy (non-hydrogen) atoms. The lowest BCUT2D eigenvalue weighted by atomic mass is 10.3. The van der Waals surface area contributed by atoms with Crippen LogP contribution in [-0.2, 0) is 9.53 Å². The number of anilines is 1. The van der Waals surface area contributed by atoms with Gasteiger partial charge in [-0.25, -0.2) is 0 Å². The van der Waals surface area contributed by atoms with Crippen LogP contribution in [0.4, 0.5) is 5.82 Å². The van der Waals surface area contributed by atoms with Gasteiger partial charge in [0.1, 0.15) is 12.3 Å². The molecule has 1 N–H and O–H groups in total. The number of amides is 2. The van der Waals surface area contributed by atoms with Gasteiger partial charge in [-0.1, -0.05) is 5.16 Å². The third-order valence-corrected chi connectivity index (χ3v) is 4.04. The Morgan fingerprint density at radius 1 is 1.35 bits per heavy atom. The van der Waals surface area contributed by atoms with E-state index in [0.717, 1.165) is 13.1 Å². The van der Waals surface area contributed by atoms with Gasteiger partial charge in [-0.05, 0) is 19.1 Å². The highest BCUT2D eigenvalue weighted by molar-refractivity contribution is 5.97. The van der Waals surface area contributed by atoms with E-state index < -0.39 is 0 Å². The van der Waals surface area contributed by atoms with Gasteiger partial charge in [0, 0.05) is 32.2 Å². The number of carbonyl (C=O) groups is 2. The van der Waals surface area contributed by atoms with Crippen LogP contribution < -0.4 is 5.32 Å². The SMILES string of the molecule is Cc1cc(NC(=O)CN(CCN2CCOCC2)C(=O)c2ccco2)no1. The number of hydrogen-bond acceptors (Lipinski definition) is 7. The molecule has 0 unspecified atom stereocenters. The number of nitrogens with zero attached hydrogens (tertiary/aromatic N) is 3. The van der Waals surface area contributed by atoms with Gasteiger partial charge in [0.25, 0.3) is 5.91 Å². The Bertz CT molecular complexity index is 721. The maximum absolute atomic E-state index is 12.6. The van der Waals surface area contributed by atoms with E-state index in [-0.39, 0.29) is 24.1 Å². The first-order chi connectivity index (χ1) is 12.6. The second-order valence-electron chi connectivity index (χ2n) is 6.03. The zero-order chi connectivity index (χ0) is 18.4. The molecule has 0 aromatic carbocycles. The molecule has 1 saturated heterocycles. The zero-order valence-electron chi connectivity index (χ0n) is 14.6. The van der Waals surface area contributed by atoms with Gasteiger partial charge in [0.05, 0.1) is 19.5 Å². The molecule has 9 nitrogen and oxygen atoms in total. The van der Waals surface area contributed by atoms with Crippen LogP contribution in [0.5, 0.6) is 0 Å². The Morgan fingerprint density at radius 2 is 2.15 bits per heavy atom. The van der Waals surface area contributed by atoms with E-state index in [4.69, 9.17) is 13.7 Å². The molecule has 9 heteroatoms. The Morgan fingerprint density at radius 3 is 2.81 bits per heavy atom. The van der Waals surface area contributed by atoms with Gasteiger partial charge in [-0.2, -0.15) is 0 Å². The Balaban J connectivity index is 1.61. The highest BCUT2D eigenvalue weighted by Crippen LogP contribution is 2.09. The molecular weight excluding hydrogens is 340 g/mol. The standard InChI is InChI=1S/C17H22N4O5/c1-13-11-15(19-26-13)18-16(22)12-21(17(23)14-3-2-8-25-14)5-4-20-6-9-24-10-7-20/h2-3,8,11H,4-7,9-10,12H2,1H3,(H,18,19,22). The smallest absolute Gasteiger partial charge is 0.290 e. The molecule has 1 aliphatic rings. The molecule has 140 valence electrons. The molecule has 3 heterocycles. The lowest BCUT2D eigenvalue weighted by molar-refractivity contribution is -0.117. The number of morpholine rings is 1. The minimum Gasteiger partial charge on any atom is -0.459 e. The highest BCUT2D eigenvalue weighted by atomic mass is 16.5. The van der Waals surface area contributed by atoms with E-state index in [2.05, 4.69) is 15.4 Å². The third-order valence-electron chi connectivity index (χ3n) is 4.04. The van der Waals surface area contributed by atoms with Crippen LogP contribution in [0.2, 0.25) is 0 Å². The van der Waals surface area contributed by atoms with E-state index in [1.54, 1.807) is 25.1 Å². The van der Waals surface area contributed by atoms with Crippen molar-refractivity contribution in [1.82, 2.24) is 15.0 Å². The third kappa shape index (κ3) is 4.93. The number of aryl methyl sites for hydroxylation is 1. The minimum absolute atomic E-state index is 0.101. The van der Waals surface area contributed by atoms with Crippen LogP contribution in [-0.4, -0.2) is 72.7 Å². The van der Waals surface area contributed by atoms with Crippen molar-refractivity contribution in [2.24, 2.45) is 0 Å². The van der Waals surface area contributed by atoms with Crippen molar-refractivity contribution in [3.63, 3.8) is 0 Å². The van der Waals surface area contributed by atoms with E-state index in [1.165, 1.54) is 11.2 Å². The number of nitrogens with one attached hydrogen (secondary N) is 1. The lowest BCUT2D eigenvalue weighted by Gasteiger charge is -2.29. The molecule has 0 aliphatic carbocycles. The molecule has 0 radical (unpaired) electrons. The monoisotopic (exact) mass is 362 g/mol. The predicted molar refractivity (Wildman–Crippen MR) is 91.7 cm³/mol. The lowest BCUT2D eigenvalue weighted by Crippen LogP contribution is -2.45. The van der Waals surface area contributed by atoms with Crippen molar-refractivity contribution < 1.29 is 23.3 Å². The van der Waals surface area contributed by atoms with Crippen molar-refractivity contribution in [1.29, 1.82) is 0 Å². The first kappa shape index (κ1) is 18.2. The fraction of sp³-hybridized carbons (Fsp3) is 0.471. The normalized spacial score (nSPS) is 15.0. The van der Waals surface area contributed by atoms with Crippen molar-refractivity contribution in [3.8, 4) is 0 Å². The maximum atomic E-state index is 12.6. The summed E-state index contributed by atoms with van der Waals surface area (Å²) in [6, 6.07) is 4.85. The van der Waals surface area contributed by atoms with E-state index in [9.17, 15) is 9.59 Å². The van der Waals surface area contributed by atoms with E-state index >= 15 is 0 Å². The molecule has 0 atom stereocenters. The van der Waals surface area contributed by atoms with Crippen LogP contribution >= 0.6 is 0 Å². The second kappa shape index (κ2) is 8.63. The molecule has 3 rings (SSSR count). The number of hydrogen-bond donors (Lipinski definition) is 1. The summed E-state index contributed by atoms with van der Waals surface area (Å²) < 4.78 is 15.4. The zero-order valence-corrected chi connectivity index (χ0v) is 14.6. The minimum atomic E-state index is -0.347. The molecule has 2 aromatic rings. The van der Waals surface area contributed by atoms with Crippen LogP contribution in [0.25, 0.3) is 0 Å². The summed E-state index contributed by atoms with van der Waals surface area (Å²) in [5.74, 6) is 0.453. The van der Waals surface area contributed by atoms with Gasteiger partial charge < -0.3 is 23.9 Å². The summed E-state index contributed by atoms with van der Waals surface area (Å²) in [6.07, 6.45) is 1.44. The van der Waals surface area contributed by atoms with Crippen LogP contribution in [0.15, 0.2) is 33.4 Å². The van der Waals surface area contributed by atoms with Gasteiger partial charge in [0.2, 0.25) is 5.91 Å². The molecule has 1 aliphatic heterocycles. The predicted octanol–water partition coefficient (Wildman–Crippen LogP) is 0.989. The van der Waals surface area contributed by atoms with Crippen LogP contribution in [0.3, 0.4) is 0 Å². The molecule has 2 amide bonds. The average Bonchev–Trinajstić information content (AvgIpc) is 3.31. The van der Waals surface area contributed by atoms with Crippen molar-refractivity contribution >= 4 is 17.6 Å². The average molecular weight is 362 g/mol. The highest BCUT2D eigenvalue weighted by Gasteiger charge is 2.22. The fourth-order valence-electron chi connectivity index (χ4n) is 2.68. The Hall–Kier alpha value is -2.65. The molecule has 0 spiro atoms. The van der Waals surface area contributed by atoms with Gasteiger partial charge in [0.15, 0.2) is 11.6 Å². The second-order valence-corrected chi connectivity index (χ2v) is 6.03. The topological polar surface area (TPSA) is 101 Å². The van der Waals surface area contributed by atoms with E-state index in [0.29, 0.717) is 37.9 Å². The van der Waals surface area contributed by atoms with Crippen molar-refractivity contribution in [2.75, 3.05) is 51.3 Å². The van der Waals surface area contributed by atoms with Crippen LogP contribution in [0.1, 0.15) is 16.3 Å². The maximum Gasteiger partial charge on any atom is 0.290 e. The van der Waals surface area contributed by atoms with Gasteiger partial charge >= 0.3 is 0 Å². The number of carbonyl (C=O) groups excluding carboxylic acids is 2. The molecule has 1 fully saturated rings. The van der Waals surface area contributed by atoms with Gasteiger partial charge in [-0.15, -0.1) is 0 Å². The van der Waals surface area contributed by atoms with Crippen LogP contribution in [0, 0.1) is 6.92 Å².